The Morgan fingerprint density at radius 1 is 1.21 bits per heavy atom. The van der Waals surface area contributed by atoms with Crippen LogP contribution in [-0.4, -0.2) is 44.1 Å². The minimum Gasteiger partial charge on any atom is -0.383 e. The van der Waals surface area contributed by atoms with Crippen molar-refractivity contribution in [3.8, 4) is 0 Å². The van der Waals surface area contributed by atoms with Crippen molar-refractivity contribution in [2.45, 2.75) is 38.6 Å². The van der Waals surface area contributed by atoms with E-state index in [9.17, 15) is 0 Å². The molecule has 0 heterocycles. The Balaban J connectivity index is 3.29. The van der Waals surface area contributed by atoms with Crippen LogP contribution in [0, 0.1) is 0 Å². The highest BCUT2D eigenvalue weighted by molar-refractivity contribution is 6.17. The highest BCUT2D eigenvalue weighted by atomic mass is 35.5. The van der Waals surface area contributed by atoms with Crippen LogP contribution in [0.2, 0.25) is 0 Å². The summed E-state index contributed by atoms with van der Waals surface area (Å²) >= 11 is 5.61. The fourth-order valence-corrected chi connectivity index (χ4v) is 1.59. The fraction of sp³-hybridized carbons (Fsp3) is 1.00. The molecule has 1 unspecified atom stereocenters. The molecule has 0 fully saturated rings. The van der Waals surface area contributed by atoms with Crippen LogP contribution in [-0.2, 0) is 4.74 Å². The lowest BCUT2D eigenvalue weighted by Crippen LogP contribution is -2.33. The van der Waals surface area contributed by atoms with E-state index in [1.165, 1.54) is 19.3 Å². The van der Waals surface area contributed by atoms with Gasteiger partial charge in [0.15, 0.2) is 0 Å². The predicted molar refractivity (Wildman–Crippen MR) is 63.2 cm³/mol. The average Bonchev–Trinajstić information content (AvgIpc) is 2.17. The molecule has 0 saturated carbocycles. The summed E-state index contributed by atoms with van der Waals surface area (Å²) in [5.74, 6) is 0.802. The summed E-state index contributed by atoms with van der Waals surface area (Å²) in [5, 5.41) is 0. The van der Waals surface area contributed by atoms with Crippen molar-refractivity contribution in [1.29, 1.82) is 0 Å². The maximum Gasteiger partial charge on any atom is 0.0615 e. The first-order valence-corrected chi connectivity index (χ1v) is 6.01. The normalized spacial score (nSPS) is 13.5. The van der Waals surface area contributed by atoms with E-state index in [2.05, 4.69) is 18.9 Å². The van der Waals surface area contributed by atoms with E-state index in [4.69, 9.17) is 16.3 Å². The van der Waals surface area contributed by atoms with E-state index in [0.29, 0.717) is 6.04 Å². The van der Waals surface area contributed by atoms with Crippen LogP contribution in [0.1, 0.15) is 32.6 Å². The number of ether oxygens (including phenoxy) is 1. The Morgan fingerprint density at radius 2 is 1.86 bits per heavy atom. The second-order valence-electron chi connectivity index (χ2n) is 3.89. The van der Waals surface area contributed by atoms with Crippen LogP contribution in [0.15, 0.2) is 0 Å². The van der Waals surface area contributed by atoms with E-state index in [-0.39, 0.29) is 0 Å². The first-order valence-electron chi connectivity index (χ1n) is 5.47. The third-order valence-electron chi connectivity index (χ3n) is 2.55. The molecular weight excluding hydrogens is 198 g/mol. The largest absolute Gasteiger partial charge is 0.383 e. The summed E-state index contributed by atoms with van der Waals surface area (Å²) in [7, 11) is 3.91. The molecular formula is C11H24ClNO. The molecule has 3 heteroatoms. The van der Waals surface area contributed by atoms with Crippen molar-refractivity contribution in [2.75, 3.05) is 33.2 Å². The number of nitrogens with zero attached hydrogens (tertiary/aromatic N) is 1. The van der Waals surface area contributed by atoms with Gasteiger partial charge in [0.1, 0.15) is 0 Å². The van der Waals surface area contributed by atoms with Crippen molar-refractivity contribution >= 4 is 11.6 Å². The summed E-state index contributed by atoms with van der Waals surface area (Å²) in [6.45, 7) is 4.17. The monoisotopic (exact) mass is 221 g/mol. The maximum absolute atomic E-state index is 5.61. The van der Waals surface area contributed by atoms with Gasteiger partial charge in [-0.05, 0) is 33.4 Å². The van der Waals surface area contributed by atoms with Crippen molar-refractivity contribution in [3.63, 3.8) is 0 Å². The number of hydrogen-bond acceptors (Lipinski definition) is 2. The lowest BCUT2D eigenvalue weighted by atomic mass is 10.2. The van der Waals surface area contributed by atoms with Gasteiger partial charge >= 0.3 is 0 Å². The molecule has 0 radical (unpaired) electrons. The number of methoxy groups -OCH3 is 1. The molecule has 0 aliphatic heterocycles. The van der Waals surface area contributed by atoms with Crippen molar-refractivity contribution in [2.24, 2.45) is 0 Å². The summed E-state index contributed by atoms with van der Waals surface area (Å²) in [4.78, 5) is 2.35. The van der Waals surface area contributed by atoms with Gasteiger partial charge in [-0.25, -0.2) is 0 Å². The quantitative estimate of drug-likeness (QED) is 0.439. The Hall–Kier alpha value is 0.210. The van der Waals surface area contributed by atoms with Gasteiger partial charge in [-0.2, -0.15) is 0 Å². The number of hydrogen-bond donors (Lipinski definition) is 0. The fourth-order valence-electron chi connectivity index (χ4n) is 1.40. The molecule has 0 spiro atoms. The molecule has 0 aromatic heterocycles. The summed E-state index contributed by atoms with van der Waals surface area (Å²) < 4.78 is 5.11. The number of halogens is 1. The molecule has 0 rings (SSSR count). The van der Waals surface area contributed by atoms with Crippen molar-refractivity contribution in [3.05, 3.63) is 0 Å². The molecule has 0 aliphatic carbocycles. The van der Waals surface area contributed by atoms with Crippen LogP contribution in [0.3, 0.4) is 0 Å². The molecule has 0 aromatic carbocycles. The Labute approximate surface area is 93.6 Å². The lowest BCUT2D eigenvalue weighted by Gasteiger charge is -2.23. The number of unbranched alkanes of at least 4 members (excludes halogenated alkanes) is 3. The molecule has 14 heavy (non-hydrogen) atoms. The molecule has 0 aliphatic rings. The van der Waals surface area contributed by atoms with Gasteiger partial charge in [0.2, 0.25) is 0 Å². The zero-order valence-corrected chi connectivity index (χ0v) is 10.5. The van der Waals surface area contributed by atoms with Crippen LogP contribution < -0.4 is 0 Å². The maximum atomic E-state index is 5.61. The van der Waals surface area contributed by atoms with Gasteiger partial charge in [0, 0.05) is 19.0 Å². The highest BCUT2D eigenvalue weighted by Gasteiger charge is 2.07. The van der Waals surface area contributed by atoms with Gasteiger partial charge in [0.05, 0.1) is 6.61 Å². The molecule has 0 N–H and O–H groups in total. The van der Waals surface area contributed by atoms with Crippen LogP contribution >= 0.6 is 11.6 Å². The van der Waals surface area contributed by atoms with Gasteiger partial charge in [0.25, 0.3) is 0 Å². The molecule has 0 aromatic rings. The van der Waals surface area contributed by atoms with E-state index >= 15 is 0 Å². The standard InChI is InChI=1S/C11H24ClNO/c1-11(10-14-3)13(2)9-7-5-4-6-8-12/h11H,4-10H2,1-3H3. The second kappa shape index (κ2) is 9.75. The SMILES string of the molecule is COCC(C)N(C)CCCCCCCl. The van der Waals surface area contributed by atoms with Crippen LogP contribution in [0.4, 0.5) is 0 Å². The zero-order valence-electron chi connectivity index (χ0n) is 9.76. The Bertz CT molecular complexity index is 122. The summed E-state index contributed by atoms with van der Waals surface area (Å²) in [6.07, 6.45) is 4.97. The van der Waals surface area contributed by atoms with Gasteiger partial charge in [-0.1, -0.05) is 12.8 Å². The first kappa shape index (κ1) is 14.2. The molecule has 0 saturated heterocycles. The summed E-state index contributed by atoms with van der Waals surface area (Å²) in [5.41, 5.74) is 0. The smallest absolute Gasteiger partial charge is 0.0615 e. The molecule has 2 nitrogen and oxygen atoms in total. The van der Waals surface area contributed by atoms with Gasteiger partial charge in [-0.15, -0.1) is 11.6 Å². The van der Waals surface area contributed by atoms with Crippen molar-refractivity contribution < 1.29 is 4.74 Å². The van der Waals surface area contributed by atoms with Crippen LogP contribution in [0.25, 0.3) is 0 Å². The average molecular weight is 222 g/mol. The molecule has 0 amide bonds. The lowest BCUT2D eigenvalue weighted by molar-refractivity contribution is 0.114. The van der Waals surface area contributed by atoms with Gasteiger partial charge < -0.3 is 9.64 Å². The van der Waals surface area contributed by atoms with E-state index in [1.807, 2.05) is 0 Å². The highest BCUT2D eigenvalue weighted by Crippen LogP contribution is 2.04. The Morgan fingerprint density at radius 3 is 2.43 bits per heavy atom. The first-order chi connectivity index (χ1) is 6.72. The van der Waals surface area contributed by atoms with Gasteiger partial charge in [-0.3, -0.25) is 0 Å². The van der Waals surface area contributed by atoms with Crippen molar-refractivity contribution in [1.82, 2.24) is 4.90 Å². The minimum atomic E-state index is 0.521. The van der Waals surface area contributed by atoms with E-state index < -0.39 is 0 Å². The second-order valence-corrected chi connectivity index (χ2v) is 4.27. The van der Waals surface area contributed by atoms with E-state index in [0.717, 1.165) is 25.5 Å². The predicted octanol–water partition coefficient (Wildman–Crippen LogP) is 2.75. The number of rotatable bonds is 9. The molecule has 86 valence electrons. The zero-order chi connectivity index (χ0) is 10.8. The number of alkyl halides is 1. The van der Waals surface area contributed by atoms with Crippen LogP contribution in [0.5, 0.6) is 0 Å². The Kier molecular flexibility index (Phi) is 9.90. The number of likely N-dealkylation sites (N-methyl/N-ethyl adjacent to an activating group) is 1. The summed E-state index contributed by atoms with van der Waals surface area (Å²) in [6, 6.07) is 0.521. The molecule has 1 atom stereocenters. The van der Waals surface area contributed by atoms with E-state index in [1.54, 1.807) is 7.11 Å². The third-order valence-corrected chi connectivity index (χ3v) is 2.82. The molecule has 0 bridgehead atoms. The minimum absolute atomic E-state index is 0.521. The topological polar surface area (TPSA) is 12.5 Å². The third kappa shape index (κ3) is 7.60.